The molecule has 0 saturated carbocycles. The zero-order valence-corrected chi connectivity index (χ0v) is 19.6. The summed E-state index contributed by atoms with van der Waals surface area (Å²) in [4.78, 5) is 46.8. The summed E-state index contributed by atoms with van der Waals surface area (Å²) in [6.07, 6.45) is 11.6. The Morgan fingerprint density at radius 2 is 1.12 bits per heavy atom. The number of unbranched alkanes of at least 4 members (excludes halogenated alkanes) is 9. The lowest BCUT2D eigenvalue weighted by Gasteiger charge is -2.17. The zero-order chi connectivity index (χ0) is 24.2. The van der Waals surface area contributed by atoms with E-state index in [1.807, 2.05) is 0 Å². The average Bonchev–Trinajstić information content (AvgIpc) is 2.74. The molecule has 9 heteroatoms. The van der Waals surface area contributed by atoms with Crippen LogP contribution in [0.15, 0.2) is 0 Å². The third-order valence-corrected chi connectivity index (χ3v) is 5.38. The number of hydrogen-bond donors (Lipinski definition) is 5. The van der Waals surface area contributed by atoms with Crippen LogP contribution in [0.2, 0.25) is 0 Å². The van der Waals surface area contributed by atoms with Crippen LogP contribution in [-0.2, 0) is 19.2 Å². The molecule has 0 aliphatic heterocycles. The molecule has 0 aromatic carbocycles. The van der Waals surface area contributed by atoms with Gasteiger partial charge in [0.1, 0.15) is 12.1 Å². The molecule has 32 heavy (non-hydrogen) atoms. The Bertz CT molecular complexity index is 556. The Morgan fingerprint density at radius 1 is 0.656 bits per heavy atom. The fourth-order valence-electron chi connectivity index (χ4n) is 3.41. The highest BCUT2D eigenvalue weighted by Gasteiger charge is 2.23. The molecule has 186 valence electrons. The van der Waals surface area contributed by atoms with Gasteiger partial charge in [-0.2, -0.15) is 0 Å². The summed E-state index contributed by atoms with van der Waals surface area (Å²) in [7, 11) is 0. The Kier molecular flexibility index (Phi) is 18.2. The van der Waals surface area contributed by atoms with Crippen LogP contribution in [0.25, 0.3) is 0 Å². The smallest absolute Gasteiger partial charge is 0.326 e. The maximum absolute atomic E-state index is 12.1. The second kappa shape index (κ2) is 19.5. The Hall–Kier alpha value is -2.16. The molecule has 9 nitrogen and oxygen atoms in total. The van der Waals surface area contributed by atoms with Crippen LogP contribution in [0.5, 0.6) is 0 Å². The largest absolute Gasteiger partial charge is 0.480 e. The first-order chi connectivity index (χ1) is 15.3. The number of carboxylic acid groups (broad SMARTS) is 2. The van der Waals surface area contributed by atoms with Crippen molar-refractivity contribution in [1.82, 2.24) is 10.6 Å². The van der Waals surface area contributed by atoms with Crippen molar-refractivity contribution in [1.29, 1.82) is 0 Å². The molecule has 0 heterocycles. The van der Waals surface area contributed by atoms with Crippen molar-refractivity contribution in [2.45, 2.75) is 115 Å². The van der Waals surface area contributed by atoms with Gasteiger partial charge in [-0.25, -0.2) is 9.59 Å². The van der Waals surface area contributed by atoms with E-state index in [2.05, 4.69) is 17.6 Å². The molecule has 0 unspecified atom stereocenters. The van der Waals surface area contributed by atoms with Crippen LogP contribution in [0, 0.1) is 0 Å². The van der Waals surface area contributed by atoms with E-state index in [4.69, 9.17) is 5.73 Å². The summed E-state index contributed by atoms with van der Waals surface area (Å²) in [5.74, 6) is -3.24. The van der Waals surface area contributed by atoms with Gasteiger partial charge in [-0.3, -0.25) is 9.59 Å². The SMILES string of the molecule is CCCCCCCCCCCC(=O)N[C@H](CCC(=O)N[C@H](CCCCN)C(=O)O)C(=O)O. The van der Waals surface area contributed by atoms with Crippen LogP contribution in [-0.4, -0.2) is 52.6 Å². The highest BCUT2D eigenvalue weighted by Crippen LogP contribution is 2.11. The van der Waals surface area contributed by atoms with Gasteiger partial charge in [0.2, 0.25) is 11.8 Å². The molecule has 2 atom stereocenters. The summed E-state index contributed by atoms with van der Waals surface area (Å²) in [5.41, 5.74) is 5.39. The van der Waals surface area contributed by atoms with Crippen LogP contribution in [0.3, 0.4) is 0 Å². The molecular formula is C23H43N3O6. The third kappa shape index (κ3) is 16.5. The molecule has 0 aliphatic carbocycles. The van der Waals surface area contributed by atoms with Gasteiger partial charge in [0.25, 0.3) is 0 Å². The number of carboxylic acids is 2. The highest BCUT2D eigenvalue weighted by molar-refractivity contribution is 5.86. The Balaban J connectivity index is 4.16. The molecule has 6 N–H and O–H groups in total. The van der Waals surface area contributed by atoms with E-state index in [-0.39, 0.29) is 31.6 Å². The van der Waals surface area contributed by atoms with Gasteiger partial charge in [-0.05, 0) is 38.6 Å². The average molecular weight is 458 g/mol. The van der Waals surface area contributed by atoms with Crippen LogP contribution >= 0.6 is 0 Å². The second-order valence-corrected chi connectivity index (χ2v) is 8.32. The maximum Gasteiger partial charge on any atom is 0.326 e. The fourth-order valence-corrected chi connectivity index (χ4v) is 3.41. The van der Waals surface area contributed by atoms with Crippen LogP contribution in [0.4, 0.5) is 0 Å². The molecule has 0 aliphatic rings. The van der Waals surface area contributed by atoms with E-state index in [9.17, 15) is 29.4 Å². The second-order valence-electron chi connectivity index (χ2n) is 8.32. The molecule has 0 fully saturated rings. The van der Waals surface area contributed by atoms with Crippen molar-refractivity contribution in [2.75, 3.05) is 6.54 Å². The van der Waals surface area contributed by atoms with Gasteiger partial charge in [-0.15, -0.1) is 0 Å². The Labute approximate surface area is 191 Å². The summed E-state index contributed by atoms with van der Waals surface area (Å²) in [6.45, 7) is 2.63. The first-order valence-corrected chi connectivity index (χ1v) is 12.1. The lowest BCUT2D eigenvalue weighted by atomic mass is 10.1. The van der Waals surface area contributed by atoms with Gasteiger partial charge in [0.15, 0.2) is 0 Å². The predicted octanol–water partition coefficient (Wildman–Crippen LogP) is 2.96. The van der Waals surface area contributed by atoms with E-state index in [0.29, 0.717) is 25.8 Å². The summed E-state index contributed by atoms with van der Waals surface area (Å²) in [5, 5.41) is 23.4. The first kappa shape index (κ1) is 29.8. The molecule has 0 saturated heterocycles. The molecule has 0 rings (SSSR count). The minimum Gasteiger partial charge on any atom is -0.480 e. The molecular weight excluding hydrogens is 414 g/mol. The van der Waals surface area contributed by atoms with Gasteiger partial charge in [0.05, 0.1) is 0 Å². The molecule has 0 bridgehead atoms. The van der Waals surface area contributed by atoms with Crippen LogP contribution < -0.4 is 16.4 Å². The van der Waals surface area contributed by atoms with Gasteiger partial charge in [0, 0.05) is 12.8 Å². The quantitative estimate of drug-likeness (QED) is 0.166. The van der Waals surface area contributed by atoms with Crippen LogP contribution in [0.1, 0.15) is 103 Å². The van der Waals surface area contributed by atoms with E-state index in [1.165, 1.54) is 32.1 Å². The fraction of sp³-hybridized carbons (Fsp3) is 0.826. The molecule has 0 aromatic heterocycles. The number of carbonyl (C=O) groups excluding carboxylic acids is 2. The summed E-state index contributed by atoms with van der Waals surface area (Å²) in [6, 6.07) is -2.20. The van der Waals surface area contributed by atoms with E-state index < -0.39 is 29.9 Å². The predicted molar refractivity (Wildman–Crippen MR) is 123 cm³/mol. The number of amides is 2. The number of nitrogens with two attached hydrogens (primary N) is 1. The van der Waals surface area contributed by atoms with E-state index >= 15 is 0 Å². The lowest BCUT2D eigenvalue weighted by Crippen LogP contribution is -2.43. The van der Waals surface area contributed by atoms with Crippen molar-refractivity contribution in [3.05, 3.63) is 0 Å². The normalized spacial score (nSPS) is 12.7. The summed E-state index contributed by atoms with van der Waals surface area (Å²) >= 11 is 0. The minimum absolute atomic E-state index is 0.0974. The van der Waals surface area contributed by atoms with E-state index in [1.54, 1.807) is 0 Å². The first-order valence-electron chi connectivity index (χ1n) is 12.1. The number of aliphatic carboxylic acids is 2. The molecule has 0 spiro atoms. The van der Waals surface area contributed by atoms with Gasteiger partial charge < -0.3 is 26.6 Å². The number of carbonyl (C=O) groups is 4. The minimum atomic E-state index is -1.21. The lowest BCUT2D eigenvalue weighted by molar-refractivity contribution is -0.143. The van der Waals surface area contributed by atoms with Crippen molar-refractivity contribution in [2.24, 2.45) is 5.73 Å². The molecule has 0 aromatic rings. The number of nitrogens with one attached hydrogen (secondary N) is 2. The van der Waals surface area contributed by atoms with Crippen molar-refractivity contribution in [3.63, 3.8) is 0 Å². The number of hydrogen-bond acceptors (Lipinski definition) is 5. The standard InChI is InChI=1S/C23H43N3O6/c1-2-3-4-5-6-7-8-9-10-14-20(27)26-19(23(31)32)15-16-21(28)25-18(22(29)30)13-11-12-17-24/h18-19H,2-17,24H2,1H3,(H,25,28)(H,26,27)(H,29,30)(H,31,32)/t18-,19-/m1/s1. The molecule has 0 radical (unpaired) electrons. The zero-order valence-electron chi connectivity index (χ0n) is 19.6. The van der Waals surface area contributed by atoms with Crippen molar-refractivity contribution in [3.8, 4) is 0 Å². The maximum atomic E-state index is 12.1. The monoisotopic (exact) mass is 457 g/mol. The Morgan fingerprint density at radius 3 is 1.62 bits per heavy atom. The van der Waals surface area contributed by atoms with Crippen molar-refractivity contribution >= 4 is 23.8 Å². The van der Waals surface area contributed by atoms with Crippen molar-refractivity contribution < 1.29 is 29.4 Å². The highest BCUT2D eigenvalue weighted by atomic mass is 16.4. The summed E-state index contributed by atoms with van der Waals surface area (Å²) < 4.78 is 0. The molecule has 2 amide bonds. The van der Waals surface area contributed by atoms with Gasteiger partial charge in [-0.1, -0.05) is 58.3 Å². The third-order valence-electron chi connectivity index (χ3n) is 5.38. The topological polar surface area (TPSA) is 159 Å². The van der Waals surface area contributed by atoms with E-state index in [0.717, 1.165) is 19.3 Å². The number of rotatable bonds is 21. The van der Waals surface area contributed by atoms with Gasteiger partial charge >= 0.3 is 11.9 Å².